The zero-order chi connectivity index (χ0) is 24.0. The number of carboxylic acid groups (broad SMARTS) is 1. The number of oxazole rings is 1. The number of aromatic carboxylic acids is 1. The number of nitrogens with one attached hydrogen (secondary N) is 2. The number of carbonyl (C=O) groups is 3. The molecule has 10 nitrogen and oxygen atoms in total. The second kappa shape index (κ2) is 10.9. The Morgan fingerprint density at radius 2 is 1.97 bits per heavy atom. The Bertz CT molecular complexity index is 1180. The number of carbonyl (C=O) groups excluding carboxylic acids is 2. The number of amides is 2. The molecule has 2 aromatic heterocycles. The lowest BCUT2D eigenvalue weighted by molar-refractivity contribution is -0.119. The van der Waals surface area contributed by atoms with Crippen molar-refractivity contribution in [3.8, 4) is 11.3 Å². The number of hydrogen-bond acceptors (Lipinski definition) is 7. The van der Waals surface area contributed by atoms with Gasteiger partial charge in [-0.05, 0) is 30.7 Å². The number of aromatic nitrogens is 2. The van der Waals surface area contributed by atoms with E-state index in [0.29, 0.717) is 21.4 Å². The summed E-state index contributed by atoms with van der Waals surface area (Å²) in [5, 5.41) is 15.7. The lowest BCUT2D eigenvalue weighted by atomic mass is 10.1. The molecule has 1 atom stereocenters. The van der Waals surface area contributed by atoms with Gasteiger partial charge in [0.2, 0.25) is 17.7 Å². The van der Waals surface area contributed by atoms with Crippen LogP contribution in [0, 0.1) is 0 Å². The van der Waals surface area contributed by atoms with E-state index >= 15 is 0 Å². The number of primary amides is 1. The average molecular weight is 492 g/mol. The molecule has 1 unspecified atom stereocenters. The highest BCUT2D eigenvalue weighted by molar-refractivity contribution is 6.35. The summed E-state index contributed by atoms with van der Waals surface area (Å²) in [6, 6.07) is 5.39. The molecule has 12 heteroatoms. The summed E-state index contributed by atoms with van der Waals surface area (Å²) in [5.41, 5.74) is 5.68. The number of benzene rings is 1. The molecule has 0 fully saturated rings. The maximum Gasteiger partial charge on any atom is 0.339 e. The van der Waals surface area contributed by atoms with Gasteiger partial charge in [0.05, 0.1) is 29.5 Å². The molecule has 2 amide bonds. The number of pyridine rings is 1. The number of nitrogens with zero attached hydrogens (tertiary/aromatic N) is 2. The Morgan fingerprint density at radius 1 is 1.18 bits per heavy atom. The Balaban J connectivity index is 1.72. The highest BCUT2D eigenvalue weighted by Gasteiger charge is 2.22. The third kappa shape index (κ3) is 6.51. The molecule has 1 aromatic carbocycles. The van der Waals surface area contributed by atoms with Gasteiger partial charge in [0.15, 0.2) is 5.76 Å². The molecule has 0 saturated heterocycles. The van der Waals surface area contributed by atoms with Gasteiger partial charge >= 0.3 is 5.97 Å². The maximum absolute atomic E-state index is 12.8. The van der Waals surface area contributed by atoms with E-state index in [9.17, 15) is 19.5 Å². The SMILES string of the molecule is NC(=O)CCC(NCc1ncc(-c2cc(Cl)ccc2Cl)o1)C(=O)Nc1ccncc1C(=O)O. The van der Waals surface area contributed by atoms with Crippen LogP contribution in [0.4, 0.5) is 5.69 Å². The third-order valence-corrected chi connectivity index (χ3v) is 5.12. The van der Waals surface area contributed by atoms with Crippen LogP contribution in [0.3, 0.4) is 0 Å². The first kappa shape index (κ1) is 24.2. The molecule has 0 radical (unpaired) electrons. The molecule has 0 bridgehead atoms. The van der Waals surface area contributed by atoms with Crippen LogP contribution < -0.4 is 16.4 Å². The molecule has 3 aromatic rings. The van der Waals surface area contributed by atoms with Gasteiger partial charge in [-0.3, -0.25) is 19.9 Å². The number of halogens is 2. The number of rotatable bonds is 10. The van der Waals surface area contributed by atoms with Crippen molar-refractivity contribution in [1.29, 1.82) is 0 Å². The van der Waals surface area contributed by atoms with Crippen LogP contribution in [0.25, 0.3) is 11.3 Å². The summed E-state index contributed by atoms with van der Waals surface area (Å²) in [6.45, 7) is 0.0389. The van der Waals surface area contributed by atoms with Crippen LogP contribution in [0.2, 0.25) is 10.0 Å². The summed E-state index contributed by atoms with van der Waals surface area (Å²) >= 11 is 12.2. The van der Waals surface area contributed by atoms with E-state index < -0.39 is 23.8 Å². The van der Waals surface area contributed by atoms with Crippen molar-refractivity contribution in [2.45, 2.75) is 25.4 Å². The van der Waals surface area contributed by atoms with Gasteiger partial charge in [0.1, 0.15) is 5.56 Å². The predicted molar refractivity (Wildman–Crippen MR) is 121 cm³/mol. The first-order chi connectivity index (χ1) is 15.7. The largest absolute Gasteiger partial charge is 0.478 e. The zero-order valence-electron chi connectivity index (χ0n) is 17.0. The predicted octanol–water partition coefficient (Wildman–Crippen LogP) is 3.10. The van der Waals surface area contributed by atoms with Crippen molar-refractivity contribution in [2.75, 3.05) is 5.32 Å². The van der Waals surface area contributed by atoms with Gasteiger partial charge in [0.25, 0.3) is 0 Å². The average Bonchev–Trinajstić information content (AvgIpc) is 3.24. The van der Waals surface area contributed by atoms with Gasteiger partial charge in [-0.15, -0.1) is 0 Å². The molecule has 2 heterocycles. The maximum atomic E-state index is 12.8. The minimum atomic E-state index is -1.24. The fourth-order valence-electron chi connectivity index (χ4n) is 2.92. The summed E-state index contributed by atoms with van der Waals surface area (Å²) in [5.74, 6) is -1.74. The number of anilines is 1. The van der Waals surface area contributed by atoms with E-state index in [-0.39, 0.29) is 36.5 Å². The van der Waals surface area contributed by atoms with E-state index in [1.807, 2.05) is 0 Å². The van der Waals surface area contributed by atoms with Crippen molar-refractivity contribution in [1.82, 2.24) is 15.3 Å². The van der Waals surface area contributed by atoms with Crippen LogP contribution in [0.15, 0.2) is 47.3 Å². The third-order valence-electron chi connectivity index (χ3n) is 4.55. The zero-order valence-corrected chi connectivity index (χ0v) is 18.6. The van der Waals surface area contributed by atoms with Crippen molar-refractivity contribution in [3.63, 3.8) is 0 Å². The minimum Gasteiger partial charge on any atom is -0.478 e. The van der Waals surface area contributed by atoms with Gasteiger partial charge in [0, 0.05) is 29.4 Å². The molecule has 33 heavy (non-hydrogen) atoms. The quantitative estimate of drug-likeness (QED) is 0.336. The normalized spacial score (nSPS) is 11.7. The standard InChI is InChI=1S/C21H19Cl2N5O5/c22-11-1-2-14(23)12(7-11)17-9-27-19(33-17)10-26-16(3-4-18(24)29)20(30)28-15-5-6-25-8-13(15)21(31)32/h1-2,5-9,16,26H,3-4,10H2,(H2,24,29)(H,31,32)(H,25,28,30). The second-order valence-corrected chi connectivity index (χ2v) is 7.74. The van der Waals surface area contributed by atoms with Gasteiger partial charge in [-0.2, -0.15) is 0 Å². The molecule has 0 saturated carbocycles. The topological polar surface area (TPSA) is 160 Å². The fourth-order valence-corrected chi connectivity index (χ4v) is 3.30. The molecule has 5 N–H and O–H groups in total. The highest BCUT2D eigenvalue weighted by Crippen LogP contribution is 2.31. The van der Waals surface area contributed by atoms with Crippen LogP contribution in [-0.2, 0) is 16.1 Å². The summed E-state index contributed by atoms with van der Waals surface area (Å²) < 4.78 is 5.70. The Kier molecular flexibility index (Phi) is 7.99. The Labute approximate surface area is 198 Å². The Hall–Kier alpha value is -3.47. The molecule has 3 rings (SSSR count). The molecule has 0 aliphatic rings. The molecule has 0 aliphatic heterocycles. The van der Waals surface area contributed by atoms with Gasteiger partial charge < -0.3 is 20.6 Å². The van der Waals surface area contributed by atoms with E-state index in [1.54, 1.807) is 18.2 Å². The fraction of sp³-hybridized carbons (Fsp3) is 0.190. The van der Waals surface area contributed by atoms with E-state index in [0.717, 1.165) is 6.20 Å². The summed E-state index contributed by atoms with van der Waals surface area (Å²) in [7, 11) is 0. The smallest absolute Gasteiger partial charge is 0.339 e. The molecule has 0 spiro atoms. The number of nitrogens with two attached hydrogens (primary N) is 1. The highest BCUT2D eigenvalue weighted by atomic mass is 35.5. The van der Waals surface area contributed by atoms with Crippen molar-refractivity contribution < 1.29 is 23.9 Å². The monoisotopic (exact) mass is 491 g/mol. The van der Waals surface area contributed by atoms with E-state index in [4.69, 9.17) is 33.4 Å². The van der Waals surface area contributed by atoms with Crippen molar-refractivity contribution >= 4 is 46.7 Å². The van der Waals surface area contributed by atoms with E-state index in [2.05, 4.69) is 20.6 Å². The van der Waals surface area contributed by atoms with E-state index in [1.165, 1.54) is 18.5 Å². The van der Waals surface area contributed by atoms with Crippen LogP contribution in [0.5, 0.6) is 0 Å². The van der Waals surface area contributed by atoms with Crippen LogP contribution >= 0.6 is 23.2 Å². The molecule has 172 valence electrons. The van der Waals surface area contributed by atoms with Crippen LogP contribution in [-0.4, -0.2) is 38.9 Å². The second-order valence-electron chi connectivity index (χ2n) is 6.90. The van der Waals surface area contributed by atoms with Crippen LogP contribution in [0.1, 0.15) is 29.1 Å². The Morgan fingerprint density at radius 3 is 2.70 bits per heavy atom. The molecular formula is C21H19Cl2N5O5. The van der Waals surface area contributed by atoms with Crippen molar-refractivity contribution in [2.24, 2.45) is 5.73 Å². The lowest BCUT2D eigenvalue weighted by Gasteiger charge is -2.18. The number of carboxylic acids is 1. The molecular weight excluding hydrogens is 473 g/mol. The first-order valence-electron chi connectivity index (χ1n) is 9.64. The van der Waals surface area contributed by atoms with Gasteiger partial charge in [-0.1, -0.05) is 23.2 Å². The minimum absolute atomic E-state index is 0.0389. The molecule has 0 aliphatic carbocycles. The summed E-state index contributed by atoms with van der Waals surface area (Å²) in [6.07, 6.45) is 3.95. The lowest BCUT2D eigenvalue weighted by Crippen LogP contribution is -2.41. The summed E-state index contributed by atoms with van der Waals surface area (Å²) in [4.78, 5) is 43.3. The van der Waals surface area contributed by atoms with Gasteiger partial charge in [-0.25, -0.2) is 9.78 Å². The first-order valence-corrected chi connectivity index (χ1v) is 10.4. The van der Waals surface area contributed by atoms with Crippen molar-refractivity contribution in [3.05, 3.63) is 64.4 Å². The number of hydrogen-bond donors (Lipinski definition) is 4.